The molecular formula is C19H19N3OS. The SMILES string of the molecule is C=C(c1ccc(C)cc1)c1ccc2nc(NC(=O)NCC)sc2c1. The van der Waals surface area contributed by atoms with Gasteiger partial charge >= 0.3 is 6.03 Å². The Kier molecular flexibility index (Phi) is 4.62. The van der Waals surface area contributed by atoms with Gasteiger partial charge < -0.3 is 5.32 Å². The summed E-state index contributed by atoms with van der Waals surface area (Å²) in [6, 6.07) is 14.1. The first-order valence-electron chi connectivity index (χ1n) is 7.78. The lowest BCUT2D eigenvalue weighted by atomic mass is 9.99. The Morgan fingerprint density at radius 1 is 1.17 bits per heavy atom. The Bertz CT molecular complexity index is 897. The zero-order valence-corrected chi connectivity index (χ0v) is 14.5. The molecule has 1 aromatic heterocycles. The predicted molar refractivity (Wildman–Crippen MR) is 102 cm³/mol. The average Bonchev–Trinajstić information content (AvgIpc) is 2.96. The lowest BCUT2D eigenvalue weighted by Gasteiger charge is -2.06. The Balaban J connectivity index is 1.86. The van der Waals surface area contributed by atoms with Gasteiger partial charge in [0.2, 0.25) is 0 Å². The molecule has 1 heterocycles. The number of thiazole rings is 1. The normalized spacial score (nSPS) is 10.6. The first kappa shape index (κ1) is 16.2. The fourth-order valence-electron chi connectivity index (χ4n) is 2.39. The van der Waals surface area contributed by atoms with Crippen LogP contribution in [0.5, 0.6) is 0 Å². The van der Waals surface area contributed by atoms with Crippen LogP contribution in [0.4, 0.5) is 9.93 Å². The highest BCUT2D eigenvalue weighted by Crippen LogP contribution is 2.30. The lowest BCUT2D eigenvalue weighted by molar-refractivity contribution is 0.252. The van der Waals surface area contributed by atoms with Crippen molar-refractivity contribution in [3.8, 4) is 0 Å². The van der Waals surface area contributed by atoms with Crippen molar-refractivity contribution >= 4 is 38.3 Å². The van der Waals surface area contributed by atoms with E-state index in [0.29, 0.717) is 11.7 Å². The number of fused-ring (bicyclic) bond motifs is 1. The van der Waals surface area contributed by atoms with E-state index in [1.807, 2.05) is 19.1 Å². The maximum atomic E-state index is 11.6. The Morgan fingerprint density at radius 3 is 2.58 bits per heavy atom. The third-order valence-corrected chi connectivity index (χ3v) is 4.63. The van der Waals surface area contributed by atoms with Crippen molar-refractivity contribution in [2.45, 2.75) is 13.8 Å². The molecule has 0 atom stereocenters. The van der Waals surface area contributed by atoms with Crippen LogP contribution >= 0.6 is 11.3 Å². The molecule has 0 radical (unpaired) electrons. The summed E-state index contributed by atoms with van der Waals surface area (Å²) in [5, 5.41) is 6.04. The van der Waals surface area contributed by atoms with Gasteiger partial charge in [-0.1, -0.05) is 53.8 Å². The highest BCUT2D eigenvalue weighted by molar-refractivity contribution is 7.22. The van der Waals surface area contributed by atoms with Gasteiger partial charge in [-0.3, -0.25) is 5.32 Å². The minimum absolute atomic E-state index is 0.235. The number of rotatable bonds is 4. The number of carbonyl (C=O) groups excluding carboxylic acids is 1. The number of urea groups is 1. The van der Waals surface area contributed by atoms with Crippen molar-refractivity contribution in [1.82, 2.24) is 10.3 Å². The quantitative estimate of drug-likeness (QED) is 0.718. The van der Waals surface area contributed by atoms with Gasteiger partial charge in [0.25, 0.3) is 0 Å². The number of hydrogen-bond acceptors (Lipinski definition) is 3. The molecule has 24 heavy (non-hydrogen) atoms. The van der Waals surface area contributed by atoms with Gasteiger partial charge in [0.1, 0.15) is 0 Å². The summed E-state index contributed by atoms with van der Waals surface area (Å²) in [7, 11) is 0. The van der Waals surface area contributed by atoms with E-state index >= 15 is 0 Å². The summed E-state index contributed by atoms with van der Waals surface area (Å²) >= 11 is 1.46. The molecule has 0 unspecified atom stereocenters. The van der Waals surface area contributed by atoms with Gasteiger partial charge in [-0.25, -0.2) is 9.78 Å². The van der Waals surface area contributed by atoms with E-state index in [0.717, 1.165) is 26.9 Å². The van der Waals surface area contributed by atoms with Gasteiger partial charge in [-0.2, -0.15) is 0 Å². The molecule has 0 saturated heterocycles. The molecule has 0 spiro atoms. The molecule has 2 aromatic carbocycles. The van der Waals surface area contributed by atoms with Gasteiger partial charge in [-0.15, -0.1) is 0 Å². The van der Waals surface area contributed by atoms with Crippen LogP contribution in [0.1, 0.15) is 23.6 Å². The van der Waals surface area contributed by atoms with Crippen molar-refractivity contribution in [3.63, 3.8) is 0 Å². The topological polar surface area (TPSA) is 54.0 Å². The smallest absolute Gasteiger partial charge is 0.321 e. The first-order valence-corrected chi connectivity index (χ1v) is 8.60. The number of nitrogens with zero attached hydrogens (tertiary/aromatic N) is 1. The second-order valence-corrected chi connectivity index (χ2v) is 6.56. The summed E-state index contributed by atoms with van der Waals surface area (Å²) in [4.78, 5) is 16.0. The van der Waals surface area contributed by atoms with Crippen LogP contribution < -0.4 is 10.6 Å². The van der Waals surface area contributed by atoms with E-state index in [2.05, 4.69) is 59.5 Å². The molecule has 4 nitrogen and oxygen atoms in total. The largest absolute Gasteiger partial charge is 0.338 e. The van der Waals surface area contributed by atoms with Crippen LogP contribution in [0, 0.1) is 6.92 Å². The monoisotopic (exact) mass is 337 g/mol. The molecule has 0 fully saturated rings. The van der Waals surface area contributed by atoms with Crippen LogP contribution in [-0.4, -0.2) is 17.6 Å². The first-order chi connectivity index (χ1) is 11.6. The fraction of sp³-hybridized carbons (Fsp3) is 0.158. The molecule has 2 N–H and O–H groups in total. The highest BCUT2D eigenvalue weighted by atomic mass is 32.1. The third kappa shape index (κ3) is 3.46. The van der Waals surface area contributed by atoms with E-state index in [-0.39, 0.29) is 6.03 Å². The van der Waals surface area contributed by atoms with Crippen molar-refractivity contribution in [2.24, 2.45) is 0 Å². The van der Waals surface area contributed by atoms with Crippen LogP contribution in [0.15, 0.2) is 49.0 Å². The summed E-state index contributed by atoms with van der Waals surface area (Å²) < 4.78 is 1.02. The van der Waals surface area contributed by atoms with E-state index in [1.165, 1.54) is 16.9 Å². The molecule has 3 rings (SSSR count). The van der Waals surface area contributed by atoms with Crippen molar-refractivity contribution < 1.29 is 4.79 Å². The summed E-state index contributed by atoms with van der Waals surface area (Å²) in [6.07, 6.45) is 0. The van der Waals surface area contributed by atoms with Crippen molar-refractivity contribution in [2.75, 3.05) is 11.9 Å². The number of carbonyl (C=O) groups is 1. The van der Waals surface area contributed by atoms with Crippen LogP contribution in [0.2, 0.25) is 0 Å². The van der Waals surface area contributed by atoms with Gasteiger partial charge in [0, 0.05) is 6.54 Å². The number of aryl methyl sites for hydroxylation is 1. The number of nitrogens with one attached hydrogen (secondary N) is 2. The molecule has 122 valence electrons. The molecule has 0 aliphatic heterocycles. The number of anilines is 1. The van der Waals surface area contributed by atoms with Crippen LogP contribution in [-0.2, 0) is 0 Å². The third-order valence-electron chi connectivity index (χ3n) is 3.69. The summed E-state index contributed by atoms with van der Waals surface area (Å²) in [6.45, 7) is 8.74. The Labute approximate surface area is 145 Å². The summed E-state index contributed by atoms with van der Waals surface area (Å²) in [5.41, 5.74) is 5.23. The minimum Gasteiger partial charge on any atom is -0.338 e. The maximum Gasteiger partial charge on any atom is 0.321 e. The average molecular weight is 337 g/mol. The fourth-order valence-corrected chi connectivity index (χ4v) is 3.29. The highest BCUT2D eigenvalue weighted by Gasteiger charge is 2.09. The van der Waals surface area contributed by atoms with E-state index in [9.17, 15) is 4.79 Å². The van der Waals surface area contributed by atoms with Crippen LogP contribution in [0.3, 0.4) is 0 Å². The number of amides is 2. The zero-order valence-electron chi connectivity index (χ0n) is 13.7. The molecule has 0 bridgehead atoms. The van der Waals surface area contributed by atoms with Gasteiger partial charge in [-0.05, 0) is 42.7 Å². The molecule has 0 aliphatic carbocycles. The van der Waals surface area contributed by atoms with E-state index in [1.54, 1.807) is 0 Å². The molecule has 0 aliphatic rings. The Hall–Kier alpha value is -2.66. The molecule has 2 amide bonds. The molecule has 3 aromatic rings. The summed E-state index contributed by atoms with van der Waals surface area (Å²) in [5.74, 6) is 0. The van der Waals surface area contributed by atoms with Gasteiger partial charge in [0.15, 0.2) is 5.13 Å². The number of benzene rings is 2. The second-order valence-electron chi connectivity index (χ2n) is 5.53. The number of aromatic nitrogens is 1. The molecular weight excluding hydrogens is 318 g/mol. The van der Waals surface area contributed by atoms with Crippen molar-refractivity contribution in [1.29, 1.82) is 0 Å². The lowest BCUT2D eigenvalue weighted by Crippen LogP contribution is -2.28. The van der Waals surface area contributed by atoms with Crippen molar-refractivity contribution in [3.05, 3.63) is 65.7 Å². The van der Waals surface area contributed by atoms with Gasteiger partial charge in [0.05, 0.1) is 10.2 Å². The second kappa shape index (κ2) is 6.84. The Morgan fingerprint density at radius 2 is 1.88 bits per heavy atom. The minimum atomic E-state index is -0.235. The number of hydrogen-bond donors (Lipinski definition) is 2. The maximum absolute atomic E-state index is 11.6. The van der Waals surface area contributed by atoms with Crippen LogP contribution in [0.25, 0.3) is 15.8 Å². The van der Waals surface area contributed by atoms with E-state index in [4.69, 9.17) is 0 Å². The molecule has 0 saturated carbocycles. The standard InChI is InChI=1S/C19H19N3OS/c1-4-20-18(23)22-19-21-16-10-9-15(11-17(16)24-19)13(3)14-7-5-12(2)6-8-14/h5-11H,3-4H2,1-2H3,(H2,20,21,22,23). The van der Waals surface area contributed by atoms with E-state index < -0.39 is 0 Å². The molecule has 5 heteroatoms. The predicted octanol–water partition coefficient (Wildman–Crippen LogP) is 4.81. The zero-order chi connectivity index (χ0) is 17.1.